The summed E-state index contributed by atoms with van der Waals surface area (Å²) in [7, 11) is -3.71. The van der Waals surface area contributed by atoms with Crippen molar-refractivity contribution in [3.63, 3.8) is 0 Å². The van der Waals surface area contributed by atoms with E-state index in [1.54, 1.807) is 37.3 Å². The van der Waals surface area contributed by atoms with Crippen molar-refractivity contribution in [2.24, 2.45) is 0 Å². The number of hydrogen-bond donors (Lipinski definition) is 2. The first-order valence-electron chi connectivity index (χ1n) is 6.51. The first-order valence-corrected chi connectivity index (χ1v) is 8.79. The largest absolute Gasteiger partial charge is 0.398 e. The van der Waals surface area contributed by atoms with Crippen molar-refractivity contribution < 1.29 is 8.42 Å². The highest BCUT2D eigenvalue weighted by atomic mass is 79.9. The summed E-state index contributed by atoms with van der Waals surface area (Å²) in [5, 5.41) is 0. The van der Waals surface area contributed by atoms with Crippen LogP contribution in [0.3, 0.4) is 0 Å². The fraction of sp³-hybridized carbons (Fsp3) is 0.200. The maximum Gasteiger partial charge on any atom is 0.264 e. The smallest absolute Gasteiger partial charge is 0.264 e. The summed E-state index contributed by atoms with van der Waals surface area (Å²) in [4.78, 5) is 0.134. The van der Waals surface area contributed by atoms with Crippen molar-refractivity contribution in [1.29, 1.82) is 0 Å². The van der Waals surface area contributed by atoms with Gasteiger partial charge in [0.25, 0.3) is 10.0 Å². The van der Waals surface area contributed by atoms with E-state index in [2.05, 4.69) is 20.7 Å². The molecule has 0 spiro atoms. The van der Waals surface area contributed by atoms with Crippen LogP contribution in [0, 0.1) is 6.92 Å². The summed E-state index contributed by atoms with van der Waals surface area (Å²) < 4.78 is 28.7. The molecule has 0 aliphatic carbocycles. The molecule has 21 heavy (non-hydrogen) atoms. The van der Waals surface area contributed by atoms with Gasteiger partial charge in [0, 0.05) is 4.47 Å². The minimum Gasteiger partial charge on any atom is -0.398 e. The minimum atomic E-state index is -3.71. The Hall–Kier alpha value is -1.53. The zero-order valence-electron chi connectivity index (χ0n) is 11.9. The van der Waals surface area contributed by atoms with E-state index in [1.807, 2.05) is 13.0 Å². The van der Waals surface area contributed by atoms with E-state index in [0.29, 0.717) is 11.3 Å². The van der Waals surface area contributed by atoms with Gasteiger partial charge in [-0.15, -0.1) is 0 Å². The summed E-state index contributed by atoms with van der Waals surface area (Å²) in [5.74, 6) is 0. The lowest BCUT2D eigenvalue weighted by molar-refractivity contribution is 0.601. The van der Waals surface area contributed by atoms with Crippen LogP contribution in [-0.2, 0) is 16.4 Å². The number of nitrogens with two attached hydrogens (primary N) is 1. The quantitative estimate of drug-likeness (QED) is 0.808. The van der Waals surface area contributed by atoms with E-state index in [1.165, 1.54) is 0 Å². The summed E-state index contributed by atoms with van der Waals surface area (Å²) >= 11 is 3.39. The standard InChI is InChI=1S/C15H17BrN2O2S/c1-3-11-9-12(16)7-8-14(11)18-21(19,20)15-10(2)5-4-6-13(15)17/h4-9,18H,3,17H2,1-2H3. The maximum absolute atomic E-state index is 12.6. The first kappa shape index (κ1) is 15.9. The Kier molecular flexibility index (Phi) is 4.58. The summed E-state index contributed by atoms with van der Waals surface area (Å²) in [5.41, 5.74) is 8.19. The van der Waals surface area contributed by atoms with Gasteiger partial charge in [-0.2, -0.15) is 0 Å². The number of sulfonamides is 1. The molecule has 0 atom stereocenters. The molecule has 0 amide bonds. The van der Waals surface area contributed by atoms with Crippen LogP contribution in [0.15, 0.2) is 45.8 Å². The van der Waals surface area contributed by atoms with Crippen molar-refractivity contribution in [3.05, 3.63) is 52.0 Å². The highest BCUT2D eigenvalue weighted by Gasteiger charge is 2.20. The first-order chi connectivity index (χ1) is 9.85. The number of benzene rings is 2. The molecule has 0 bridgehead atoms. The number of aryl methyl sites for hydroxylation is 2. The van der Waals surface area contributed by atoms with Crippen LogP contribution in [0.1, 0.15) is 18.1 Å². The Bertz CT molecular complexity index is 753. The van der Waals surface area contributed by atoms with E-state index in [4.69, 9.17) is 5.73 Å². The fourth-order valence-corrected chi connectivity index (χ4v) is 4.06. The zero-order valence-corrected chi connectivity index (χ0v) is 14.3. The molecule has 2 rings (SSSR count). The van der Waals surface area contributed by atoms with Gasteiger partial charge in [0.15, 0.2) is 0 Å². The predicted octanol–water partition coefficient (Wildman–Crippen LogP) is 3.70. The van der Waals surface area contributed by atoms with Gasteiger partial charge in [0.1, 0.15) is 4.90 Å². The van der Waals surface area contributed by atoms with Gasteiger partial charge in [0.2, 0.25) is 0 Å². The molecule has 0 saturated heterocycles. The molecular formula is C15H17BrN2O2S. The Balaban J connectivity index is 2.48. The lowest BCUT2D eigenvalue weighted by Crippen LogP contribution is -2.17. The zero-order chi connectivity index (χ0) is 15.6. The second-order valence-electron chi connectivity index (χ2n) is 4.75. The second kappa shape index (κ2) is 6.07. The molecule has 0 saturated carbocycles. The lowest BCUT2D eigenvalue weighted by Gasteiger charge is -2.15. The topological polar surface area (TPSA) is 72.2 Å². The molecule has 0 fully saturated rings. The molecule has 3 N–H and O–H groups in total. The summed E-state index contributed by atoms with van der Waals surface area (Å²) in [6.07, 6.45) is 0.723. The second-order valence-corrected chi connectivity index (χ2v) is 7.29. The highest BCUT2D eigenvalue weighted by molar-refractivity contribution is 9.10. The third kappa shape index (κ3) is 3.39. The van der Waals surface area contributed by atoms with Gasteiger partial charge in [-0.1, -0.05) is 35.0 Å². The van der Waals surface area contributed by atoms with Crippen molar-refractivity contribution in [2.75, 3.05) is 10.5 Å². The Labute approximate surface area is 133 Å². The average Bonchev–Trinajstić information content (AvgIpc) is 2.40. The number of nitrogens with one attached hydrogen (secondary N) is 1. The summed E-state index contributed by atoms with van der Waals surface area (Å²) in [6, 6.07) is 10.5. The van der Waals surface area contributed by atoms with E-state index in [9.17, 15) is 8.42 Å². The third-order valence-corrected chi connectivity index (χ3v) is 5.28. The van der Waals surface area contributed by atoms with Crippen molar-refractivity contribution in [2.45, 2.75) is 25.2 Å². The number of hydrogen-bond acceptors (Lipinski definition) is 3. The average molecular weight is 369 g/mol. The molecule has 2 aromatic rings. The molecule has 0 aromatic heterocycles. The van der Waals surface area contributed by atoms with Crippen molar-refractivity contribution in [1.82, 2.24) is 0 Å². The van der Waals surface area contributed by atoms with Crippen LogP contribution < -0.4 is 10.5 Å². The van der Waals surface area contributed by atoms with E-state index in [-0.39, 0.29) is 10.6 Å². The summed E-state index contributed by atoms with van der Waals surface area (Å²) in [6.45, 7) is 3.70. The van der Waals surface area contributed by atoms with Crippen LogP contribution in [-0.4, -0.2) is 8.42 Å². The Morgan fingerprint density at radius 1 is 1.24 bits per heavy atom. The molecule has 0 aliphatic rings. The van der Waals surface area contributed by atoms with Crippen LogP contribution in [0.5, 0.6) is 0 Å². The Morgan fingerprint density at radius 2 is 1.95 bits per heavy atom. The maximum atomic E-state index is 12.6. The number of rotatable bonds is 4. The van der Waals surface area contributed by atoms with Crippen molar-refractivity contribution >= 4 is 37.3 Å². The Morgan fingerprint density at radius 3 is 2.57 bits per heavy atom. The van der Waals surface area contributed by atoms with Gasteiger partial charge in [-0.25, -0.2) is 8.42 Å². The molecule has 0 aliphatic heterocycles. The molecule has 112 valence electrons. The van der Waals surface area contributed by atoms with Gasteiger partial charge >= 0.3 is 0 Å². The van der Waals surface area contributed by atoms with Gasteiger partial charge in [0.05, 0.1) is 11.4 Å². The van der Waals surface area contributed by atoms with Gasteiger partial charge in [-0.05, 0) is 48.7 Å². The number of nitrogen functional groups attached to an aromatic ring is 1. The number of anilines is 2. The van der Waals surface area contributed by atoms with Gasteiger partial charge in [-0.3, -0.25) is 4.72 Å². The van der Waals surface area contributed by atoms with Gasteiger partial charge < -0.3 is 5.73 Å². The normalized spacial score (nSPS) is 11.4. The van der Waals surface area contributed by atoms with Crippen LogP contribution in [0.2, 0.25) is 0 Å². The molecule has 0 unspecified atom stereocenters. The third-order valence-electron chi connectivity index (χ3n) is 3.20. The monoisotopic (exact) mass is 368 g/mol. The molecule has 0 radical (unpaired) electrons. The van der Waals surface area contributed by atoms with Crippen LogP contribution >= 0.6 is 15.9 Å². The van der Waals surface area contributed by atoms with Crippen LogP contribution in [0.4, 0.5) is 11.4 Å². The van der Waals surface area contributed by atoms with Crippen molar-refractivity contribution in [3.8, 4) is 0 Å². The fourth-order valence-electron chi connectivity index (χ4n) is 2.19. The molecular weight excluding hydrogens is 352 g/mol. The van der Waals surface area contributed by atoms with Crippen LogP contribution in [0.25, 0.3) is 0 Å². The van der Waals surface area contributed by atoms with E-state index >= 15 is 0 Å². The highest BCUT2D eigenvalue weighted by Crippen LogP contribution is 2.28. The van der Waals surface area contributed by atoms with E-state index in [0.717, 1.165) is 16.5 Å². The number of halogens is 1. The molecule has 2 aromatic carbocycles. The molecule has 4 nitrogen and oxygen atoms in total. The SMILES string of the molecule is CCc1cc(Br)ccc1NS(=O)(=O)c1c(C)cccc1N. The molecule has 0 heterocycles. The lowest BCUT2D eigenvalue weighted by atomic mass is 10.1. The van der Waals surface area contributed by atoms with E-state index < -0.39 is 10.0 Å². The minimum absolute atomic E-state index is 0.134. The predicted molar refractivity (Wildman–Crippen MR) is 89.9 cm³/mol. The molecule has 6 heteroatoms.